The van der Waals surface area contributed by atoms with E-state index in [4.69, 9.17) is 28.4 Å². The first-order valence-electron chi connectivity index (χ1n) is 15.4. The highest BCUT2D eigenvalue weighted by Gasteiger charge is 2.18. The largest absolute Gasteiger partial charge is 0.453 e. The zero-order valence-corrected chi connectivity index (χ0v) is 25.8. The summed E-state index contributed by atoms with van der Waals surface area (Å²) in [5, 5.41) is 0. The predicted molar refractivity (Wildman–Crippen MR) is 186 cm³/mol. The minimum absolute atomic E-state index is 0.434. The van der Waals surface area contributed by atoms with Crippen LogP contribution >= 0.6 is 0 Å². The number of benzene rings is 7. The van der Waals surface area contributed by atoms with Crippen LogP contribution < -0.4 is 28.4 Å². The fourth-order valence-corrected chi connectivity index (χ4v) is 4.81. The van der Waals surface area contributed by atoms with Gasteiger partial charge in [-0.05, 0) is 84.9 Å². The van der Waals surface area contributed by atoms with Crippen molar-refractivity contribution in [3.8, 4) is 69.0 Å². The van der Waals surface area contributed by atoms with Crippen LogP contribution in [0, 0.1) is 0 Å². The average Bonchev–Trinajstić information content (AvgIpc) is 3.13. The Morgan fingerprint density at radius 1 is 0.208 bits per heavy atom. The molecule has 0 aliphatic rings. The van der Waals surface area contributed by atoms with Crippen molar-refractivity contribution in [1.82, 2.24) is 0 Å². The Morgan fingerprint density at radius 2 is 0.458 bits per heavy atom. The molecular weight excluding hydrogens is 600 g/mol. The summed E-state index contributed by atoms with van der Waals surface area (Å²) in [6.07, 6.45) is 0. The molecule has 0 saturated carbocycles. The second-order valence-electron chi connectivity index (χ2n) is 10.5. The van der Waals surface area contributed by atoms with Crippen LogP contribution in [0.3, 0.4) is 0 Å². The normalized spacial score (nSPS) is 10.5. The van der Waals surface area contributed by atoms with Gasteiger partial charge < -0.3 is 28.4 Å². The molecule has 0 unspecified atom stereocenters. The summed E-state index contributed by atoms with van der Waals surface area (Å²) in [4.78, 5) is 0. The molecule has 0 aliphatic heterocycles. The molecule has 0 aromatic heterocycles. The van der Waals surface area contributed by atoms with Crippen LogP contribution in [0.15, 0.2) is 182 Å². The molecule has 7 rings (SSSR count). The van der Waals surface area contributed by atoms with Crippen LogP contribution in [0.5, 0.6) is 69.0 Å². The SMILES string of the molecule is c1ccc(Oc2cccc(Oc3cccc(Oc4cccc(Oc5ccccc5)c4Oc4ccccc4)c3)c2Oc2ccccc2)cc1. The van der Waals surface area contributed by atoms with Crippen molar-refractivity contribution in [1.29, 1.82) is 0 Å². The van der Waals surface area contributed by atoms with Crippen LogP contribution in [-0.2, 0) is 0 Å². The second-order valence-corrected chi connectivity index (χ2v) is 10.5. The first-order chi connectivity index (χ1) is 23.8. The Balaban J connectivity index is 1.19. The van der Waals surface area contributed by atoms with Crippen LogP contribution in [0.1, 0.15) is 0 Å². The number of ether oxygens (including phenoxy) is 6. The average molecular weight is 631 g/mol. The summed E-state index contributed by atoms with van der Waals surface area (Å²) >= 11 is 0. The lowest BCUT2D eigenvalue weighted by Crippen LogP contribution is -1.96. The molecule has 234 valence electrons. The second kappa shape index (κ2) is 14.6. The van der Waals surface area contributed by atoms with Gasteiger partial charge in [0.2, 0.25) is 11.5 Å². The van der Waals surface area contributed by atoms with Crippen molar-refractivity contribution >= 4 is 0 Å². The van der Waals surface area contributed by atoms with Crippen molar-refractivity contribution in [3.05, 3.63) is 182 Å². The van der Waals surface area contributed by atoms with Gasteiger partial charge in [-0.1, -0.05) is 91.0 Å². The van der Waals surface area contributed by atoms with Gasteiger partial charge in [-0.3, -0.25) is 0 Å². The lowest BCUT2D eigenvalue weighted by molar-refractivity contribution is 0.380. The topological polar surface area (TPSA) is 55.4 Å². The van der Waals surface area contributed by atoms with Crippen LogP contribution in [-0.4, -0.2) is 0 Å². The molecule has 0 N–H and O–H groups in total. The minimum atomic E-state index is 0.434. The maximum atomic E-state index is 6.43. The minimum Gasteiger partial charge on any atom is -0.453 e. The van der Waals surface area contributed by atoms with Crippen molar-refractivity contribution in [3.63, 3.8) is 0 Å². The van der Waals surface area contributed by atoms with Crippen LogP contribution in [0.25, 0.3) is 0 Å². The first kappa shape index (κ1) is 30.0. The zero-order chi connectivity index (χ0) is 32.4. The molecule has 0 amide bonds. The monoisotopic (exact) mass is 630 g/mol. The van der Waals surface area contributed by atoms with E-state index in [0.29, 0.717) is 69.0 Å². The summed E-state index contributed by atoms with van der Waals surface area (Å²) in [6, 6.07) is 56.5. The van der Waals surface area contributed by atoms with Gasteiger partial charge in [0.15, 0.2) is 23.0 Å². The fraction of sp³-hybridized carbons (Fsp3) is 0. The third-order valence-corrected chi connectivity index (χ3v) is 7.01. The van der Waals surface area contributed by atoms with Gasteiger partial charge in [-0.15, -0.1) is 0 Å². The van der Waals surface area contributed by atoms with E-state index in [-0.39, 0.29) is 0 Å². The van der Waals surface area contributed by atoms with E-state index in [9.17, 15) is 0 Å². The fourth-order valence-electron chi connectivity index (χ4n) is 4.81. The van der Waals surface area contributed by atoms with Gasteiger partial charge >= 0.3 is 0 Å². The molecule has 0 heterocycles. The lowest BCUT2D eigenvalue weighted by Gasteiger charge is -2.18. The Labute approximate surface area is 278 Å². The molecular formula is C42H30O6. The first-order valence-corrected chi connectivity index (χ1v) is 15.4. The number of para-hydroxylation sites is 6. The maximum Gasteiger partial charge on any atom is 0.212 e. The molecule has 0 spiro atoms. The quantitative estimate of drug-likeness (QED) is 0.134. The van der Waals surface area contributed by atoms with Crippen molar-refractivity contribution < 1.29 is 28.4 Å². The van der Waals surface area contributed by atoms with E-state index in [0.717, 1.165) is 0 Å². The zero-order valence-electron chi connectivity index (χ0n) is 25.8. The molecule has 0 fully saturated rings. The molecule has 7 aromatic carbocycles. The standard InChI is InChI=1S/C42H30O6/c1-5-16-31(17-6-1)43-37-26-14-28-39(41(37)47-33-20-9-3-10-21-33)45-35-24-13-25-36(30-35)46-40-29-15-27-38(44-32-18-7-2-8-19-32)42(40)48-34-22-11-4-12-23-34/h1-30H. The summed E-state index contributed by atoms with van der Waals surface area (Å²) in [5.74, 6) is 6.52. The number of hydrogen-bond donors (Lipinski definition) is 0. The molecule has 0 aliphatic carbocycles. The van der Waals surface area contributed by atoms with Gasteiger partial charge in [0.05, 0.1) is 0 Å². The Morgan fingerprint density at radius 3 is 0.792 bits per heavy atom. The number of hydrogen-bond acceptors (Lipinski definition) is 6. The van der Waals surface area contributed by atoms with Crippen LogP contribution in [0.4, 0.5) is 0 Å². The molecule has 0 saturated heterocycles. The molecule has 0 radical (unpaired) electrons. The van der Waals surface area contributed by atoms with Crippen molar-refractivity contribution in [2.75, 3.05) is 0 Å². The van der Waals surface area contributed by atoms with Gasteiger partial charge in [-0.2, -0.15) is 0 Å². The van der Waals surface area contributed by atoms with E-state index in [2.05, 4.69) is 0 Å². The summed E-state index contributed by atoms with van der Waals surface area (Å²) in [5.41, 5.74) is 0. The van der Waals surface area contributed by atoms with E-state index in [1.807, 2.05) is 176 Å². The smallest absolute Gasteiger partial charge is 0.212 e. The molecule has 7 aromatic rings. The van der Waals surface area contributed by atoms with Crippen molar-refractivity contribution in [2.45, 2.75) is 0 Å². The Hall–Kier alpha value is -6.66. The van der Waals surface area contributed by atoms with Gasteiger partial charge in [0.1, 0.15) is 34.5 Å². The Bertz CT molecular complexity index is 1920. The molecule has 6 nitrogen and oxygen atoms in total. The van der Waals surface area contributed by atoms with Gasteiger partial charge in [0, 0.05) is 6.07 Å². The van der Waals surface area contributed by atoms with Gasteiger partial charge in [0.25, 0.3) is 0 Å². The third-order valence-electron chi connectivity index (χ3n) is 7.01. The van der Waals surface area contributed by atoms with E-state index in [1.165, 1.54) is 0 Å². The van der Waals surface area contributed by atoms with E-state index < -0.39 is 0 Å². The summed E-state index contributed by atoms with van der Waals surface area (Å²) in [6.45, 7) is 0. The van der Waals surface area contributed by atoms with E-state index in [1.54, 1.807) is 6.07 Å². The van der Waals surface area contributed by atoms with Crippen molar-refractivity contribution in [2.24, 2.45) is 0 Å². The molecule has 48 heavy (non-hydrogen) atoms. The highest BCUT2D eigenvalue weighted by Crippen LogP contribution is 2.46. The Kier molecular flexibility index (Phi) is 9.15. The molecule has 6 heteroatoms. The van der Waals surface area contributed by atoms with Gasteiger partial charge in [-0.25, -0.2) is 0 Å². The highest BCUT2D eigenvalue weighted by molar-refractivity contribution is 5.58. The molecule has 0 bridgehead atoms. The van der Waals surface area contributed by atoms with E-state index >= 15 is 0 Å². The third kappa shape index (κ3) is 7.58. The summed E-state index contributed by atoms with van der Waals surface area (Å²) < 4.78 is 38.0. The predicted octanol–water partition coefficient (Wildman–Crippen LogP) is 12.4. The maximum absolute atomic E-state index is 6.43. The lowest BCUT2D eigenvalue weighted by atomic mass is 10.2. The highest BCUT2D eigenvalue weighted by atomic mass is 16.6. The summed E-state index contributed by atoms with van der Waals surface area (Å²) in [7, 11) is 0. The number of rotatable bonds is 12. The van der Waals surface area contributed by atoms with Crippen LogP contribution in [0.2, 0.25) is 0 Å². The molecule has 0 atom stereocenters.